The van der Waals surface area contributed by atoms with Gasteiger partial charge in [0.25, 0.3) is 0 Å². The van der Waals surface area contributed by atoms with Crippen LogP contribution in [-0.4, -0.2) is 0 Å². The predicted octanol–water partition coefficient (Wildman–Crippen LogP) is 4.64. The Hall–Kier alpha value is -2.44. The van der Waals surface area contributed by atoms with Gasteiger partial charge in [-0.1, -0.05) is 63.1 Å². The number of benzene rings is 2. The highest BCUT2D eigenvalue weighted by atomic mass is 14.2. The van der Waals surface area contributed by atoms with Crippen LogP contribution < -0.4 is 0 Å². The molecule has 0 aliphatic carbocycles. The van der Waals surface area contributed by atoms with Crippen LogP contribution in [0.2, 0.25) is 0 Å². The summed E-state index contributed by atoms with van der Waals surface area (Å²) in [6.45, 7) is 6.68. The maximum atomic E-state index is 5.13. The predicted molar refractivity (Wildman–Crippen MR) is 86.3 cm³/mol. The summed E-state index contributed by atoms with van der Waals surface area (Å²) in [5.74, 6) is 7.88. The van der Waals surface area contributed by atoms with E-state index in [1.54, 1.807) is 0 Å². The Morgan fingerprint density at radius 2 is 1.60 bits per heavy atom. The van der Waals surface area contributed by atoms with Gasteiger partial charge in [0.2, 0.25) is 0 Å². The van der Waals surface area contributed by atoms with Crippen molar-refractivity contribution in [2.45, 2.75) is 26.2 Å². The lowest BCUT2D eigenvalue weighted by molar-refractivity contribution is 0.590. The number of rotatable bonds is 1. The minimum Gasteiger partial charge on any atom is -0.106 e. The summed E-state index contributed by atoms with van der Waals surface area (Å²) in [7, 11) is 0. The van der Waals surface area contributed by atoms with E-state index in [1.165, 1.54) is 16.7 Å². The number of hydrogen-bond acceptors (Lipinski definition) is 0. The highest BCUT2D eigenvalue weighted by Gasteiger charge is 2.13. The third kappa shape index (κ3) is 3.31. The summed E-state index contributed by atoms with van der Waals surface area (Å²) in [4.78, 5) is 0. The Morgan fingerprint density at radius 1 is 0.900 bits per heavy atom. The molecule has 0 aromatic heterocycles. The van der Waals surface area contributed by atoms with Crippen LogP contribution >= 0.6 is 0 Å². The molecular weight excluding hydrogens is 240 g/mol. The van der Waals surface area contributed by atoms with Gasteiger partial charge in [-0.05, 0) is 46.1 Å². The maximum Gasteiger partial charge on any atom is 0.0255 e. The first-order valence-electron chi connectivity index (χ1n) is 6.68. The summed E-state index contributed by atoms with van der Waals surface area (Å²) in [6.07, 6.45) is 5.13. The van der Waals surface area contributed by atoms with Crippen molar-refractivity contribution in [3.05, 3.63) is 59.7 Å². The zero-order valence-corrected chi connectivity index (χ0v) is 12.2. The molecule has 0 saturated carbocycles. The largest absolute Gasteiger partial charge is 0.106 e. The van der Waals surface area contributed by atoms with Crippen molar-refractivity contribution in [1.29, 1.82) is 0 Å². The van der Waals surface area contributed by atoms with Crippen molar-refractivity contribution >= 4 is 0 Å². The first kappa shape index (κ1) is 14.0. The van der Waals surface area contributed by atoms with Gasteiger partial charge in [-0.25, -0.2) is 0 Å². The molecule has 0 aliphatic rings. The summed E-state index contributed by atoms with van der Waals surface area (Å²) in [5.41, 5.74) is 4.87. The number of terminal acetylenes is 1. The topological polar surface area (TPSA) is 0 Å². The lowest BCUT2D eigenvalue weighted by atomic mass is 9.85. The van der Waals surface area contributed by atoms with Gasteiger partial charge in [-0.2, -0.15) is 0 Å². The normalized spacial score (nSPS) is 10.3. The molecule has 0 fully saturated rings. The van der Waals surface area contributed by atoms with Gasteiger partial charge < -0.3 is 0 Å². The Bertz CT molecular complexity index is 693. The van der Waals surface area contributed by atoms with Crippen LogP contribution in [-0.2, 0) is 5.41 Å². The fourth-order valence-corrected chi connectivity index (χ4v) is 2.02. The molecule has 0 unspecified atom stereocenters. The molecule has 0 saturated heterocycles. The van der Waals surface area contributed by atoms with E-state index < -0.39 is 0 Å². The van der Waals surface area contributed by atoms with E-state index in [0.717, 1.165) is 5.56 Å². The third-order valence-corrected chi connectivity index (χ3v) is 3.23. The SMILES string of the molecule is C#CC#Cc1ccc(-c2cccc(C(C)(C)C)c2)cc1. The Kier molecular flexibility index (Phi) is 3.97. The molecule has 2 aromatic carbocycles. The summed E-state index contributed by atoms with van der Waals surface area (Å²) in [5, 5.41) is 0. The zero-order chi connectivity index (χ0) is 14.6. The Balaban J connectivity index is 2.35. The van der Waals surface area contributed by atoms with Crippen molar-refractivity contribution in [2.24, 2.45) is 0 Å². The van der Waals surface area contributed by atoms with E-state index in [0.29, 0.717) is 0 Å². The highest BCUT2D eigenvalue weighted by molar-refractivity contribution is 5.65. The average Bonchev–Trinajstić information content (AvgIpc) is 2.45. The van der Waals surface area contributed by atoms with E-state index in [1.807, 2.05) is 12.1 Å². The van der Waals surface area contributed by atoms with Crippen LogP contribution in [0, 0.1) is 24.2 Å². The molecule has 0 aliphatic heterocycles. The highest BCUT2D eigenvalue weighted by Crippen LogP contribution is 2.27. The van der Waals surface area contributed by atoms with Crippen LogP contribution in [0.3, 0.4) is 0 Å². The molecular formula is C20H18. The van der Waals surface area contributed by atoms with Crippen molar-refractivity contribution in [1.82, 2.24) is 0 Å². The molecule has 0 amide bonds. The first-order valence-corrected chi connectivity index (χ1v) is 6.68. The van der Waals surface area contributed by atoms with E-state index in [4.69, 9.17) is 6.42 Å². The standard InChI is InChI=1S/C20H18/c1-5-6-8-16-11-13-17(14-12-16)18-9-7-10-19(15-18)20(2,3)4/h1,7,9-15H,2-4H3. The summed E-state index contributed by atoms with van der Waals surface area (Å²) >= 11 is 0. The third-order valence-electron chi connectivity index (χ3n) is 3.23. The van der Waals surface area contributed by atoms with Gasteiger partial charge in [0, 0.05) is 5.56 Å². The van der Waals surface area contributed by atoms with Crippen LogP contribution in [0.1, 0.15) is 31.9 Å². The molecule has 0 N–H and O–H groups in total. The molecule has 2 aromatic rings. The van der Waals surface area contributed by atoms with Gasteiger partial charge in [-0.3, -0.25) is 0 Å². The smallest absolute Gasteiger partial charge is 0.0255 e. The van der Waals surface area contributed by atoms with Crippen LogP contribution in [0.15, 0.2) is 48.5 Å². The minimum atomic E-state index is 0.161. The summed E-state index contributed by atoms with van der Waals surface area (Å²) < 4.78 is 0. The fourth-order valence-electron chi connectivity index (χ4n) is 2.02. The molecule has 0 heterocycles. The van der Waals surface area contributed by atoms with Gasteiger partial charge in [0.15, 0.2) is 0 Å². The quantitative estimate of drug-likeness (QED) is 0.654. The van der Waals surface area contributed by atoms with E-state index in [2.05, 4.69) is 74.9 Å². The molecule has 0 atom stereocenters. The lowest BCUT2D eigenvalue weighted by Gasteiger charge is -2.19. The molecule has 0 radical (unpaired) electrons. The maximum absolute atomic E-state index is 5.13. The second-order valence-electron chi connectivity index (χ2n) is 5.80. The van der Waals surface area contributed by atoms with Crippen molar-refractivity contribution in [2.75, 3.05) is 0 Å². The summed E-state index contributed by atoms with van der Waals surface area (Å²) in [6, 6.07) is 16.9. The molecule has 0 spiro atoms. The van der Waals surface area contributed by atoms with E-state index in [9.17, 15) is 0 Å². The second-order valence-corrected chi connectivity index (χ2v) is 5.80. The number of hydrogen-bond donors (Lipinski definition) is 0. The van der Waals surface area contributed by atoms with Crippen molar-refractivity contribution < 1.29 is 0 Å². The zero-order valence-electron chi connectivity index (χ0n) is 12.2. The van der Waals surface area contributed by atoms with Gasteiger partial charge in [0.1, 0.15) is 0 Å². The molecule has 2 rings (SSSR count). The van der Waals surface area contributed by atoms with Gasteiger partial charge >= 0.3 is 0 Å². The Morgan fingerprint density at radius 3 is 2.20 bits per heavy atom. The van der Waals surface area contributed by atoms with Gasteiger partial charge in [0.05, 0.1) is 0 Å². The fraction of sp³-hybridized carbons (Fsp3) is 0.200. The molecule has 20 heavy (non-hydrogen) atoms. The monoisotopic (exact) mass is 258 g/mol. The molecule has 98 valence electrons. The molecule has 0 bridgehead atoms. The van der Waals surface area contributed by atoms with Crippen LogP contribution in [0.4, 0.5) is 0 Å². The van der Waals surface area contributed by atoms with Crippen molar-refractivity contribution in [3.63, 3.8) is 0 Å². The van der Waals surface area contributed by atoms with Crippen LogP contribution in [0.25, 0.3) is 11.1 Å². The minimum absolute atomic E-state index is 0.161. The van der Waals surface area contributed by atoms with Gasteiger partial charge in [-0.15, -0.1) is 6.42 Å². The second kappa shape index (κ2) is 5.68. The average molecular weight is 258 g/mol. The van der Waals surface area contributed by atoms with E-state index in [-0.39, 0.29) is 5.41 Å². The molecule has 0 heteroatoms. The molecule has 0 nitrogen and oxygen atoms in total. The van der Waals surface area contributed by atoms with Crippen LogP contribution in [0.5, 0.6) is 0 Å². The Labute approximate surface area is 121 Å². The van der Waals surface area contributed by atoms with E-state index >= 15 is 0 Å². The first-order chi connectivity index (χ1) is 9.50. The lowest BCUT2D eigenvalue weighted by Crippen LogP contribution is -2.10. The van der Waals surface area contributed by atoms with Crippen molar-refractivity contribution in [3.8, 4) is 35.3 Å².